The number of aryl methyl sites for hydroxylation is 1. The molecule has 0 unspecified atom stereocenters. The van der Waals surface area contributed by atoms with Gasteiger partial charge in [-0.25, -0.2) is 4.98 Å². The number of nitrogens with one attached hydrogen (secondary N) is 1. The van der Waals surface area contributed by atoms with Crippen LogP contribution in [0.2, 0.25) is 0 Å². The fourth-order valence-corrected chi connectivity index (χ4v) is 2.80. The van der Waals surface area contributed by atoms with Gasteiger partial charge in [0.25, 0.3) is 5.91 Å². The first-order valence-corrected chi connectivity index (χ1v) is 8.41. The molecule has 1 aromatic heterocycles. The molecule has 0 atom stereocenters. The minimum atomic E-state index is -0.0607. The van der Waals surface area contributed by atoms with Gasteiger partial charge in [0.15, 0.2) is 0 Å². The molecule has 1 amide bonds. The average Bonchev–Trinajstić information content (AvgIpc) is 2.67. The van der Waals surface area contributed by atoms with Crippen LogP contribution in [0.4, 0.5) is 5.82 Å². The molecule has 0 spiro atoms. The highest BCUT2D eigenvalue weighted by molar-refractivity contribution is 5.94. The predicted molar refractivity (Wildman–Crippen MR) is 94.3 cm³/mol. The van der Waals surface area contributed by atoms with Gasteiger partial charge in [-0.1, -0.05) is 25.1 Å². The van der Waals surface area contributed by atoms with Crippen molar-refractivity contribution in [3.05, 3.63) is 59.3 Å². The monoisotopic (exact) mass is 325 g/mol. The minimum absolute atomic E-state index is 0.0607. The van der Waals surface area contributed by atoms with Gasteiger partial charge in [-0.3, -0.25) is 4.79 Å². The SMILES string of the molecule is CCc1ccc(C(=O)NCc2cccnc2N2CCOCC2)cc1. The molecule has 2 aromatic rings. The summed E-state index contributed by atoms with van der Waals surface area (Å²) in [6, 6.07) is 11.7. The summed E-state index contributed by atoms with van der Waals surface area (Å²) in [6.45, 7) is 5.66. The van der Waals surface area contributed by atoms with E-state index in [9.17, 15) is 4.79 Å². The lowest BCUT2D eigenvalue weighted by atomic mass is 10.1. The van der Waals surface area contributed by atoms with Crippen LogP contribution in [0.3, 0.4) is 0 Å². The van der Waals surface area contributed by atoms with Crippen molar-refractivity contribution in [3.63, 3.8) is 0 Å². The molecule has 1 aliphatic rings. The van der Waals surface area contributed by atoms with Crippen molar-refractivity contribution in [1.29, 1.82) is 0 Å². The average molecular weight is 325 g/mol. The molecule has 126 valence electrons. The quantitative estimate of drug-likeness (QED) is 0.917. The van der Waals surface area contributed by atoms with E-state index in [-0.39, 0.29) is 5.91 Å². The van der Waals surface area contributed by atoms with Crippen molar-refractivity contribution in [2.45, 2.75) is 19.9 Å². The normalized spacial score (nSPS) is 14.5. The zero-order valence-corrected chi connectivity index (χ0v) is 14.0. The molecular weight excluding hydrogens is 302 g/mol. The Morgan fingerprint density at radius 1 is 1.21 bits per heavy atom. The summed E-state index contributed by atoms with van der Waals surface area (Å²) in [7, 11) is 0. The number of morpholine rings is 1. The molecule has 0 bridgehead atoms. The van der Waals surface area contributed by atoms with E-state index in [1.165, 1.54) is 5.56 Å². The first-order chi connectivity index (χ1) is 11.8. The molecule has 5 heteroatoms. The number of hydrogen-bond acceptors (Lipinski definition) is 4. The van der Waals surface area contributed by atoms with E-state index in [0.29, 0.717) is 25.3 Å². The van der Waals surface area contributed by atoms with Gasteiger partial charge in [-0.2, -0.15) is 0 Å². The Labute approximate surface area is 142 Å². The summed E-state index contributed by atoms with van der Waals surface area (Å²) < 4.78 is 5.40. The second kappa shape index (κ2) is 7.93. The van der Waals surface area contributed by atoms with Gasteiger partial charge in [0, 0.05) is 37.0 Å². The fourth-order valence-electron chi connectivity index (χ4n) is 2.80. The zero-order chi connectivity index (χ0) is 16.8. The van der Waals surface area contributed by atoms with E-state index in [4.69, 9.17) is 4.74 Å². The van der Waals surface area contributed by atoms with Gasteiger partial charge in [0.1, 0.15) is 5.82 Å². The Bertz CT molecular complexity index is 679. The van der Waals surface area contributed by atoms with Crippen LogP contribution in [0.5, 0.6) is 0 Å². The number of nitrogens with zero attached hydrogens (tertiary/aromatic N) is 2. The van der Waals surface area contributed by atoms with Crippen LogP contribution >= 0.6 is 0 Å². The van der Waals surface area contributed by atoms with Crippen LogP contribution in [0, 0.1) is 0 Å². The van der Waals surface area contributed by atoms with E-state index >= 15 is 0 Å². The number of aromatic nitrogens is 1. The molecule has 3 rings (SSSR count). The number of pyridine rings is 1. The zero-order valence-electron chi connectivity index (χ0n) is 14.0. The standard InChI is InChI=1S/C19H23N3O2/c1-2-15-5-7-16(8-6-15)19(23)21-14-17-4-3-9-20-18(17)22-10-12-24-13-11-22/h3-9H,2,10-14H2,1H3,(H,21,23). The summed E-state index contributed by atoms with van der Waals surface area (Å²) in [6.07, 6.45) is 2.76. The molecule has 1 fully saturated rings. The van der Waals surface area contributed by atoms with E-state index in [1.54, 1.807) is 6.20 Å². The van der Waals surface area contributed by atoms with Crippen molar-refractivity contribution < 1.29 is 9.53 Å². The van der Waals surface area contributed by atoms with Crippen molar-refractivity contribution in [2.75, 3.05) is 31.2 Å². The Morgan fingerprint density at radius 3 is 2.67 bits per heavy atom. The summed E-state index contributed by atoms with van der Waals surface area (Å²) in [5.41, 5.74) is 2.94. The van der Waals surface area contributed by atoms with Gasteiger partial charge in [0.05, 0.1) is 13.2 Å². The van der Waals surface area contributed by atoms with E-state index in [2.05, 4.69) is 22.1 Å². The van der Waals surface area contributed by atoms with Gasteiger partial charge < -0.3 is 15.0 Å². The maximum atomic E-state index is 12.3. The second-order valence-corrected chi connectivity index (χ2v) is 5.82. The third kappa shape index (κ3) is 3.92. The third-order valence-corrected chi connectivity index (χ3v) is 4.24. The summed E-state index contributed by atoms with van der Waals surface area (Å²) in [5, 5.41) is 3.00. The van der Waals surface area contributed by atoms with Crippen molar-refractivity contribution in [1.82, 2.24) is 10.3 Å². The number of carbonyl (C=O) groups is 1. The van der Waals surface area contributed by atoms with Crippen LogP contribution < -0.4 is 10.2 Å². The number of benzene rings is 1. The molecule has 2 heterocycles. The Kier molecular flexibility index (Phi) is 5.43. The number of ether oxygens (including phenoxy) is 1. The van der Waals surface area contributed by atoms with Crippen molar-refractivity contribution in [2.24, 2.45) is 0 Å². The first-order valence-electron chi connectivity index (χ1n) is 8.41. The number of amides is 1. The lowest BCUT2D eigenvalue weighted by Gasteiger charge is -2.29. The highest BCUT2D eigenvalue weighted by atomic mass is 16.5. The van der Waals surface area contributed by atoms with Crippen LogP contribution in [-0.4, -0.2) is 37.2 Å². The Morgan fingerprint density at radius 2 is 1.96 bits per heavy atom. The van der Waals surface area contributed by atoms with Crippen molar-refractivity contribution in [3.8, 4) is 0 Å². The fraction of sp³-hybridized carbons (Fsp3) is 0.368. The van der Waals surface area contributed by atoms with E-state index in [0.717, 1.165) is 30.9 Å². The van der Waals surface area contributed by atoms with Gasteiger partial charge >= 0.3 is 0 Å². The molecule has 0 aliphatic carbocycles. The number of rotatable bonds is 5. The molecule has 1 N–H and O–H groups in total. The highest BCUT2D eigenvalue weighted by Gasteiger charge is 2.16. The van der Waals surface area contributed by atoms with Gasteiger partial charge in [0.2, 0.25) is 0 Å². The molecule has 1 aromatic carbocycles. The van der Waals surface area contributed by atoms with Gasteiger partial charge in [-0.15, -0.1) is 0 Å². The number of anilines is 1. The van der Waals surface area contributed by atoms with Crippen molar-refractivity contribution >= 4 is 11.7 Å². The van der Waals surface area contributed by atoms with E-state index < -0.39 is 0 Å². The Balaban J connectivity index is 1.66. The first kappa shape index (κ1) is 16.5. The van der Waals surface area contributed by atoms with Crippen LogP contribution in [0.25, 0.3) is 0 Å². The predicted octanol–water partition coefficient (Wildman–Crippen LogP) is 2.41. The maximum Gasteiger partial charge on any atom is 0.251 e. The largest absolute Gasteiger partial charge is 0.378 e. The molecular formula is C19H23N3O2. The van der Waals surface area contributed by atoms with Crippen LogP contribution in [-0.2, 0) is 17.7 Å². The van der Waals surface area contributed by atoms with Crippen LogP contribution in [0.15, 0.2) is 42.6 Å². The molecule has 5 nitrogen and oxygen atoms in total. The maximum absolute atomic E-state index is 12.3. The molecule has 0 radical (unpaired) electrons. The van der Waals surface area contributed by atoms with E-state index in [1.807, 2.05) is 36.4 Å². The highest BCUT2D eigenvalue weighted by Crippen LogP contribution is 2.18. The third-order valence-electron chi connectivity index (χ3n) is 4.24. The number of carbonyl (C=O) groups excluding carboxylic acids is 1. The Hall–Kier alpha value is -2.40. The summed E-state index contributed by atoms with van der Waals surface area (Å²) in [4.78, 5) is 19.0. The molecule has 0 saturated carbocycles. The summed E-state index contributed by atoms with van der Waals surface area (Å²) >= 11 is 0. The number of hydrogen-bond donors (Lipinski definition) is 1. The lowest BCUT2D eigenvalue weighted by Crippen LogP contribution is -2.37. The van der Waals surface area contributed by atoms with Crippen LogP contribution in [0.1, 0.15) is 28.4 Å². The second-order valence-electron chi connectivity index (χ2n) is 5.82. The lowest BCUT2D eigenvalue weighted by molar-refractivity contribution is 0.0950. The molecule has 24 heavy (non-hydrogen) atoms. The van der Waals surface area contributed by atoms with Gasteiger partial charge in [-0.05, 0) is 30.2 Å². The summed E-state index contributed by atoms with van der Waals surface area (Å²) in [5.74, 6) is 0.872. The smallest absolute Gasteiger partial charge is 0.251 e. The molecule has 1 aliphatic heterocycles. The minimum Gasteiger partial charge on any atom is -0.378 e. The topological polar surface area (TPSA) is 54.5 Å². The molecule has 1 saturated heterocycles.